The van der Waals surface area contributed by atoms with Crippen LogP contribution < -0.4 is 0 Å². The van der Waals surface area contributed by atoms with Gasteiger partial charge in [0.1, 0.15) is 0 Å². The summed E-state index contributed by atoms with van der Waals surface area (Å²) in [4.78, 5) is 16.4. The number of carbonyl (C=O) groups excluding carboxylic acids is 1. The van der Waals surface area contributed by atoms with E-state index in [-0.39, 0.29) is 17.5 Å². The molecule has 9 heavy (non-hydrogen) atoms. The summed E-state index contributed by atoms with van der Waals surface area (Å²) < 4.78 is 0. The number of rotatable bonds is 1. The molecule has 0 amide bonds. The molecule has 0 aliphatic carbocycles. The standard InChI is InChI=1S/C5H6N2O2/c1-3(8)5-6-2-4(9)7-5/h2,9H,1H3,(H,6,7). The molecule has 0 saturated carbocycles. The van der Waals surface area contributed by atoms with Crippen molar-refractivity contribution in [1.82, 2.24) is 9.97 Å². The highest BCUT2D eigenvalue weighted by molar-refractivity contribution is 5.90. The van der Waals surface area contributed by atoms with E-state index in [0.29, 0.717) is 0 Å². The Bertz CT molecular complexity index is 229. The number of aromatic amines is 1. The van der Waals surface area contributed by atoms with Crippen LogP contribution in [0, 0.1) is 0 Å². The van der Waals surface area contributed by atoms with E-state index < -0.39 is 0 Å². The van der Waals surface area contributed by atoms with Gasteiger partial charge in [0.15, 0.2) is 11.6 Å². The number of H-pyrrole nitrogens is 1. The van der Waals surface area contributed by atoms with Crippen molar-refractivity contribution in [2.75, 3.05) is 0 Å². The van der Waals surface area contributed by atoms with Crippen LogP contribution in [0.5, 0.6) is 5.88 Å². The van der Waals surface area contributed by atoms with E-state index in [2.05, 4.69) is 9.97 Å². The number of aromatic nitrogens is 2. The van der Waals surface area contributed by atoms with E-state index in [1.54, 1.807) is 0 Å². The summed E-state index contributed by atoms with van der Waals surface area (Å²) in [6.45, 7) is 1.37. The molecule has 0 unspecified atom stereocenters. The number of hydrogen-bond donors (Lipinski definition) is 2. The summed E-state index contributed by atoms with van der Waals surface area (Å²) in [5.41, 5.74) is 0. The minimum Gasteiger partial charge on any atom is -0.492 e. The molecule has 0 fully saturated rings. The number of aromatic hydroxyl groups is 1. The molecule has 4 heteroatoms. The summed E-state index contributed by atoms with van der Waals surface area (Å²) in [5, 5.41) is 8.61. The topological polar surface area (TPSA) is 66.0 Å². The lowest BCUT2D eigenvalue weighted by atomic mass is 10.4. The van der Waals surface area contributed by atoms with Crippen LogP contribution in [0.4, 0.5) is 0 Å². The van der Waals surface area contributed by atoms with Crippen LogP contribution in [0.2, 0.25) is 0 Å². The molecule has 0 aromatic carbocycles. The number of nitrogens with one attached hydrogen (secondary N) is 1. The minimum absolute atomic E-state index is 0.153. The molecule has 2 N–H and O–H groups in total. The summed E-state index contributed by atoms with van der Waals surface area (Å²) in [6.07, 6.45) is 1.26. The largest absolute Gasteiger partial charge is 0.492 e. The molecular formula is C5H6N2O2. The molecule has 1 rings (SSSR count). The number of Topliss-reactive ketones (excluding diaryl/α,β-unsaturated/α-hetero) is 1. The van der Waals surface area contributed by atoms with Crippen molar-refractivity contribution >= 4 is 5.78 Å². The lowest BCUT2D eigenvalue weighted by Crippen LogP contribution is -1.93. The third kappa shape index (κ3) is 1.07. The van der Waals surface area contributed by atoms with Crippen LogP contribution in [0.15, 0.2) is 6.20 Å². The summed E-state index contributed by atoms with van der Waals surface area (Å²) >= 11 is 0. The first-order valence-corrected chi connectivity index (χ1v) is 2.45. The Hall–Kier alpha value is -1.32. The Morgan fingerprint density at radius 2 is 2.56 bits per heavy atom. The molecular weight excluding hydrogens is 120 g/mol. The Morgan fingerprint density at radius 3 is 2.78 bits per heavy atom. The second-order valence-electron chi connectivity index (χ2n) is 1.66. The maximum atomic E-state index is 10.5. The van der Waals surface area contributed by atoms with Crippen molar-refractivity contribution < 1.29 is 9.90 Å². The fourth-order valence-corrected chi connectivity index (χ4v) is 0.492. The zero-order valence-corrected chi connectivity index (χ0v) is 4.88. The summed E-state index contributed by atoms with van der Waals surface area (Å²) in [7, 11) is 0. The first kappa shape index (κ1) is 5.81. The van der Waals surface area contributed by atoms with Gasteiger partial charge in [0, 0.05) is 6.92 Å². The predicted octanol–water partition coefficient (Wildman–Crippen LogP) is 0.318. The van der Waals surface area contributed by atoms with Crippen molar-refractivity contribution in [2.45, 2.75) is 6.92 Å². The van der Waals surface area contributed by atoms with Crippen molar-refractivity contribution in [3.8, 4) is 5.88 Å². The summed E-state index contributed by atoms with van der Waals surface area (Å²) in [6, 6.07) is 0. The molecule has 0 spiro atoms. The fourth-order valence-electron chi connectivity index (χ4n) is 0.492. The average Bonchev–Trinajstić information content (AvgIpc) is 2.14. The quantitative estimate of drug-likeness (QED) is 0.532. The van der Waals surface area contributed by atoms with Gasteiger partial charge in [-0.3, -0.25) is 4.79 Å². The highest BCUT2D eigenvalue weighted by Crippen LogP contribution is 2.02. The van der Waals surface area contributed by atoms with E-state index in [0.717, 1.165) is 0 Å². The first-order chi connectivity index (χ1) is 4.20. The number of nitrogens with zero attached hydrogens (tertiary/aromatic N) is 1. The second-order valence-corrected chi connectivity index (χ2v) is 1.66. The third-order valence-electron chi connectivity index (χ3n) is 0.898. The number of imidazole rings is 1. The van der Waals surface area contributed by atoms with Gasteiger partial charge in [0.25, 0.3) is 0 Å². The van der Waals surface area contributed by atoms with Crippen molar-refractivity contribution in [3.05, 3.63) is 12.0 Å². The van der Waals surface area contributed by atoms with Gasteiger partial charge in [-0.1, -0.05) is 0 Å². The molecule has 1 aromatic heterocycles. The molecule has 1 heterocycles. The summed E-state index contributed by atoms with van der Waals surface area (Å²) in [5.74, 6) is -0.150. The van der Waals surface area contributed by atoms with Gasteiger partial charge in [0.2, 0.25) is 5.88 Å². The zero-order valence-electron chi connectivity index (χ0n) is 4.88. The monoisotopic (exact) mass is 126 g/mol. The Labute approximate surface area is 51.5 Å². The Balaban J connectivity index is 2.98. The van der Waals surface area contributed by atoms with Gasteiger partial charge in [-0.25, -0.2) is 0 Å². The molecule has 0 aliphatic rings. The average molecular weight is 126 g/mol. The first-order valence-electron chi connectivity index (χ1n) is 2.45. The van der Waals surface area contributed by atoms with Crippen LogP contribution in [0.25, 0.3) is 0 Å². The van der Waals surface area contributed by atoms with Gasteiger partial charge < -0.3 is 10.1 Å². The van der Waals surface area contributed by atoms with Gasteiger partial charge in [-0.15, -0.1) is 0 Å². The number of ketones is 1. The fraction of sp³-hybridized carbons (Fsp3) is 0.200. The maximum absolute atomic E-state index is 10.5. The Morgan fingerprint density at radius 1 is 1.89 bits per heavy atom. The molecule has 0 saturated heterocycles. The number of hydrogen-bond acceptors (Lipinski definition) is 3. The van der Waals surface area contributed by atoms with Crippen LogP contribution >= 0.6 is 0 Å². The van der Waals surface area contributed by atoms with E-state index in [1.165, 1.54) is 13.1 Å². The third-order valence-corrected chi connectivity index (χ3v) is 0.898. The van der Waals surface area contributed by atoms with Gasteiger partial charge in [0.05, 0.1) is 6.20 Å². The highest BCUT2D eigenvalue weighted by Gasteiger charge is 2.01. The Kier molecular flexibility index (Phi) is 1.22. The lowest BCUT2D eigenvalue weighted by molar-refractivity contribution is 0.100. The molecule has 0 bridgehead atoms. The maximum Gasteiger partial charge on any atom is 0.229 e. The lowest BCUT2D eigenvalue weighted by Gasteiger charge is -1.80. The van der Waals surface area contributed by atoms with E-state index in [4.69, 9.17) is 5.11 Å². The van der Waals surface area contributed by atoms with Crippen molar-refractivity contribution in [1.29, 1.82) is 0 Å². The predicted molar refractivity (Wildman–Crippen MR) is 30.3 cm³/mol. The zero-order chi connectivity index (χ0) is 6.85. The van der Waals surface area contributed by atoms with Crippen LogP contribution in [-0.4, -0.2) is 20.9 Å². The molecule has 0 radical (unpaired) electrons. The highest BCUT2D eigenvalue weighted by atomic mass is 16.3. The minimum atomic E-state index is -0.185. The van der Waals surface area contributed by atoms with Crippen LogP contribution in [0.1, 0.15) is 17.5 Å². The van der Waals surface area contributed by atoms with E-state index in [9.17, 15) is 4.79 Å². The number of carbonyl (C=O) groups is 1. The molecule has 48 valence electrons. The van der Waals surface area contributed by atoms with Gasteiger partial charge in [-0.05, 0) is 0 Å². The smallest absolute Gasteiger partial charge is 0.229 e. The van der Waals surface area contributed by atoms with Gasteiger partial charge >= 0.3 is 0 Å². The van der Waals surface area contributed by atoms with Crippen molar-refractivity contribution in [2.24, 2.45) is 0 Å². The SMILES string of the molecule is CC(=O)c1nc(O)c[nH]1. The van der Waals surface area contributed by atoms with Crippen LogP contribution in [-0.2, 0) is 0 Å². The van der Waals surface area contributed by atoms with E-state index >= 15 is 0 Å². The van der Waals surface area contributed by atoms with Crippen molar-refractivity contribution in [3.63, 3.8) is 0 Å². The molecule has 0 atom stereocenters. The van der Waals surface area contributed by atoms with Crippen LogP contribution in [0.3, 0.4) is 0 Å². The second kappa shape index (κ2) is 1.89. The van der Waals surface area contributed by atoms with Gasteiger partial charge in [-0.2, -0.15) is 4.98 Å². The molecule has 4 nitrogen and oxygen atoms in total. The normalized spacial score (nSPS) is 9.44. The van der Waals surface area contributed by atoms with E-state index in [1.807, 2.05) is 0 Å². The molecule has 1 aromatic rings. The molecule has 0 aliphatic heterocycles.